The fraction of sp³-hybridized carbons (Fsp3) is 0.833. The first kappa shape index (κ1) is 10.1. The Kier molecular flexibility index (Phi) is 5.91. The van der Waals surface area contributed by atoms with Gasteiger partial charge in [-0.25, -0.2) is 0 Å². The van der Waals surface area contributed by atoms with Gasteiger partial charge in [-0.1, -0.05) is 5.87 Å². The number of hydrazine groups is 1. The van der Waals surface area contributed by atoms with Crippen molar-refractivity contribution >= 4 is 16.4 Å². The summed E-state index contributed by atoms with van der Waals surface area (Å²) in [6.07, 6.45) is 1.35. The first-order chi connectivity index (χ1) is 4.79. The van der Waals surface area contributed by atoms with E-state index in [1.165, 1.54) is 24.6 Å². The molecule has 0 saturated carbocycles. The Bertz CT molecular complexity index is 105. The van der Waals surface area contributed by atoms with Gasteiger partial charge in [0.15, 0.2) is 0 Å². The van der Waals surface area contributed by atoms with E-state index in [0.29, 0.717) is 10.5 Å². The Morgan fingerprint density at radius 3 is 2.40 bits per heavy atom. The molecule has 1 atom stereocenters. The van der Waals surface area contributed by atoms with Crippen molar-refractivity contribution in [2.75, 3.05) is 25.2 Å². The molecular formula is C6H17N3S. The normalized spacial score (nSPS) is 26.9. The van der Waals surface area contributed by atoms with Crippen LogP contribution in [-0.2, 0) is 0 Å². The molecule has 0 radical (unpaired) electrons. The summed E-state index contributed by atoms with van der Waals surface area (Å²) >= 11 is 0. The van der Waals surface area contributed by atoms with Gasteiger partial charge in [0.1, 0.15) is 0 Å². The van der Waals surface area contributed by atoms with Gasteiger partial charge in [-0.2, -0.15) is 10.5 Å². The molecule has 1 fully saturated rings. The van der Waals surface area contributed by atoms with Crippen LogP contribution in [0.1, 0.15) is 6.42 Å². The average molecular weight is 163 g/mol. The molecule has 0 aromatic rings. The minimum Gasteiger partial charge on any atom is -0.298 e. The van der Waals surface area contributed by atoms with Crippen LogP contribution in [0.5, 0.6) is 0 Å². The number of hydrogen-bond acceptors (Lipinski definition) is 3. The fourth-order valence-electron chi connectivity index (χ4n) is 0.979. The lowest BCUT2D eigenvalue weighted by Gasteiger charge is -2.24. The van der Waals surface area contributed by atoms with Crippen molar-refractivity contribution in [1.82, 2.24) is 4.90 Å². The molecule has 0 amide bonds. The van der Waals surface area contributed by atoms with Crippen molar-refractivity contribution in [3.63, 3.8) is 0 Å². The molecule has 4 N–H and O–H groups in total. The highest BCUT2D eigenvalue weighted by atomic mass is 32.2. The minimum absolute atomic E-state index is 0.456. The summed E-state index contributed by atoms with van der Waals surface area (Å²) in [5.41, 5.74) is 0. The van der Waals surface area contributed by atoms with E-state index in [1.807, 2.05) is 0 Å². The Labute approximate surface area is 65.3 Å². The summed E-state index contributed by atoms with van der Waals surface area (Å²) in [7, 11) is 2.63. The van der Waals surface area contributed by atoms with Gasteiger partial charge in [-0.15, -0.1) is 0 Å². The molecule has 1 aliphatic heterocycles. The Balaban J connectivity index is 0.000000371. The summed E-state index contributed by atoms with van der Waals surface area (Å²) in [4.78, 5) is 2.36. The topological polar surface area (TPSA) is 55.3 Å². The van der Waals surface area contributed by atoms with E-state index in [1.54, 1.807) is 0 Å². The van der Waals surface area contributed by atoms with E-state index in [2.05, 4.69) is 29.5 Å². The van der Waals surface area contributed by atoms with Crippen LogP contribution in [0.15, 0.2) is 0 Å². The number of hydrogen-bond donors (Lipinski definition) is 2. The second-order valence-corrected chi connectivity index (χ2v) is 4.27. The first-order valence-corrected chi connectivity index (χ1v) is 5.01. The molecule has 4 heteroatoms. The molecule has 1 rings (SSSR count). The lowest BCUT2D eigenvalue weighted by molar-refractivity contribution is 0.383. The molecule has 3 nitrogen and oxygen atoms in total. The number of nitrogens with two attached hydrogens (primary N) is 2. The van der Waals surface area contributed by atoms with Crippen molar-refractivity contribution in [2.24, 2.45) is 11.7 Å². The zero-order valence-electron chi connectivity index (χ0n) is 6.55. The van der Waals surface area contributed by atoms with Crippen LogP contribution < -0.4 is 11.7 Å². The standard InChI is InChI=1S/C6H13NS.H4N2/c1-7-4-3-5-8(2)6-7;1-2/h2-6H2,1H3;1-2H2. The summed E-state index contributed by atoms with van der Waals surface area (Å²) in [6, 6.07) is 0. The predicted molar refractivity (Wildman–Crippen MR) is 50.1 cm³/mol. The molecule has 1 unspecified atom stereocenters. The van der Waals surface area contributed by atoms with Crippen LogP contribution in [0, 0.1) is 0 Å². The third-order valence-corrected chi connectivity index (χ3v) is 3.05. The van der Waals surface area contributed by atoms with Gasteiger partial charge in [-0.3, -0.25) is 16.6 Å². The number of rotatable bonds is 0. The van der Waals surface area contributed by atoms with Gasteiger partial charge in [0.2, 0.25) is 0 Å². The molecule has 0 aromatic carbocycles. The van der Waals surface area contributed by atoms with Crippen LogP contribution >= 0.6 is 10.5 Å². The van der Waals surface area contributed by atoms with Crippen molar-refractivity contribution < 1.29 is 0 Å². The zero-order chi connectivity index (χ0) is 7.98. The van der Waals surface area contributed by atoms with Crippen LogP contribution in [-0.4, -0.2) is 36.0 Å². The molecule has 0 aromatic heterocycles. The zero-order valence-corrected chi connectivity index (χ0v) is 7.36. The lowest BCUT2D eigenvalue weighted by atomic mass is 10.4. The largest absolute Gasteiger partial charge is 0.298 e. The van der Waals surface area contributed by atoms with Crippen molar-refractivity contribution in [3.8, 4) is 0 Å². The van der Waals surface area contributed by atoms with E-state index < -0.39 is 0 Å². The SMILES string of the molecule is C=S1CCCN(C)C1.NN. The highest BCUT2D eigenvalue weighted by Gasteiger charge is 2.05. The van der Waals surface area contributed by atoms with Crippen LogP contribution in [0.25, 0.3) is 0 Å². The molecule has 62 valence electrons. The molecule has 0 bridgehead atoms. The second-order valence-electron chi connectivity index (χ2n) is 2.38. The Morgan fingerprint density at radius 1 is 1.50 bits per heavy atom. The third-order valence-electron chi connectivity index (χ3n) is 1.38. The highest BCUT2D eigenvalue weighted by Crippen LogP contribution is 2.17. The van der Waals surface area contributed by atoms with Gasteiger partial charge < -0.3 is 0 Å². The van der Waals surface area contributed by atoms with Gasteiger partial charge in [-0.05, 0) is 25.8 Å². The summed E-state index contributed by atoms with van der Waals surface area (Å²) < 4.78 is 0. The first-order valence-electron chi connectivity index (χ1n) is 3.28. The van der Waals surface area contributed by atoms with Gasteiger partial charge in [0.25, 0.3) is 0 Å². The summed E-state index contributed by atoms with van der Waals surface area (Å²) in [5.74, 6) is 14.6. The number of nitrogens with zero attached hydrogens (tertiary/aromatic N) is 1. The molecule has 0 aliphatic carbocycles. The maximum Gasteiger partial charge on any atom is 0.0386 e. The minimum atomic E-state index is 0.456. The predicted octanol–water partition coefficient (Wildman–Crippen LogP) is -0.201. The van der Waals surface area contributed by atoms with Gasteiger partial charge in [0, 0.05) is 5.88 Å². The summed E-state index contributed by atoms with van der Waals surface area (Å²) in [6.45, 7) is 1.28. The van der Waals surface area contributed by atoms with Gasteiger partial charge in [0.05, 0.1) is 0 Å². The third kappa shape index (κ3) is 4.00. The quantitative estimate of drug-likeness (QED) is 0.295. The van der Waals surface area contributed by atoms with E-state index in [4.69, 9.17) is 0 Å². The molecule has 1 saturated heterocycles. The summed E-state index contributed by atoms with van der Waals surface area (Å²) in [5, 5.41) is 0. The molecule has 0 spiro atoms. The second kappa shape index (κ2) is 5.85. The molecular weight excluding hydrogens is 146 g/mol. The fourth-order valence-corrected chi connectivity index (χ4v) is 2.40. The Hall–Kier alpha value is 0.1000. The van der Waals surface area contributed by atoms with E-state index >= 15 is 0 Å². The van der Waals surface area contributed by atoms with E-state index in [-0.39, 0.29) is 0 Å². The van der Waals surface area contributed by atoms with E-state index in [9.17, 15) is 0 Å². The van der Waals surface area contributed by atoms with Crippen LogP contribution in [0.4, 0.5) is 0 Å². The van der Waals surface area contributed by atoms with Crippen LogP contribution in [0.3, 0.4) is 0 Å². The average Bonchev–Trinajstić information content (AvgIpc) is 1.91. The smallest absolute Gasteiger partial charge is 0.0386 e. The van der Waals surface area contributed by atoms with E-state index in [0.717, 1.165) is 0 Å². The van der Waals surface area contributed by atoms with Gasteiger partial charge >= 0.3 is 0 Å². The Morgan fingerprint density at radius 2 is 2.10 bits per heavy atom. The van der Waals surface area contributed by atoms with Crippen molar-refractivity contribution in [1.29, 1.82) is 0 Å². The molecule has 1 heterocycles. The molecule has 1 aliphatic rings. The monoisotopic (exact) mass is 163 g/mol. The highest BCUT2D eigenvalue weighted by molar-refractivity contribution is 8.14. The maximum absolute atomic E-state index is 4.03. The molecule has 10 heavy (non-hydrogen) atoms. The lowest BCUT2D eigenvalue weighted by Crippen LogP contribution is -2.25. The van der Waals surface area contributed by atoms with Crippen molar-refractivity contribution in [2.45, 2.75) is 6.42 Å². The van der Waals surface area contributed by atoms with Crippen LogP contribution in [0.2, 0.25) is 0 Å². The maximum atomic E-state index is 4.03. The van der Waals surface area contributed by atoms with Crippen molar-refractivity contribution in [3.05, 3.63) is 0 Å².